The molecule has 0 saturated carbocycles. The first-order valence-corrected chi connectivity index (χ1v) is 8.44. The van der Waals surface area contributed by atoms with Crippen molar-refractivity contribution in [2.24, 2.45) is 0 Å². The molecule has 114 valence electrons. The van der Waals surface area contributed by atoms with E-state index >= 15 is 0 Å². The van der Waals surface area contributed by atoms with Crippen LogP contribution in [0, 0.1) is 0 Å². The molecule has 0 spiro atoms. The highest BCUT2D eigenvalue weighted by atomic mass is 32.2. The first kappa shape index (κ1) is 17.0. The minimum Gasteiger partial charge on any atom is -0.476 e. The zero-order chi connectivity index (χ0) is 15.3. The highest BCUT2D eigenvalue weighted by Gasteiger charge is 2.31. The lowest BCUT2D eigenvalue weighted by Crippen LogP contribution is -2.37. The van der Waals surface area contributed by atoms with Gasteiger partial charge in [-0.05, 0) is 20.5 Å². The van der Waals surface area contributed by atoms with Crippen LogP contribution in [0.15, 0.2) is 9.72 Å². The van der Waals surface area contributed by atoms with Crippen molar-refractivity contribution in [3.05, 3.63) is 11.2 Å². The van der Waals surface area contributed by atoms with Crippen molar-refractivity contribution in [1.82, 2.24) is 14.2 Å². The zero-order valence-electron chi connectivity index (χ0n) is 11.7. The summed E-state index contributed by atoms with van der Waals surface area (Å²) in [6.45, 7) is 3.12. The maximum Gasteiger partial charge on any atom is 0.356 e. The molecule has 0 aliphatic rings. The van der Waals surface area contributed by atoms with Gasteiger partial charge in [-0.2, -0.15) is 4.31 Å². The highest BCUT2D eigenvalue weighted by molar-refractivity contribution is 7.91. The molecule has 0 aromatic carbocycles. The molecular weight excluding hydrogens is 302 g/mol. The Balaban J connectivity index is 3.09. The average molecular weight is 321 g/mol. The topological polar surface area (TPSA) is 90.8 Å². The van der Waals surface area contributed by atoms with E-state index in [2.05, 4.69) is 4.98 Å². The summed E-state index contributed by atoms with van der Waals surface area (Å²) in [5.74, 6) is -1.33. The van der Waals surface area contributed by atoms with Crippen molar-refractivity contribution in [2.75, 3.05) is 33.7 Å². The fraction of sp³-hybridized carbons (Fsp3) is 0.636. The number of likely N-dealkylation sites (N-methyl/N-ethyl adjacent to an activating group) is 1. The van der Waals surface area contributed by atoms with Gasteiger partial charge in [-0.25, -0.2) is 18.2 Å². The standard InChI is InChI=1S/C11H19N3O4S2/c1-4-5-14(7-6-13(2)3)20(17,18)11-9(10(15)16)12-8-19-11/h8H,4-7H2,1-3H3,(H,15,16). The summed E-state index contributed by atoms with van der Waals surface area (Å²) in [7, 11) is -0.103. The van der Waals surface area contributed by atoms with Crippen molar-refractivity contribution >= 4 is 27.3 Å². The Morgan fingerprint density at radius 3 is 2.50 bits per heavy atom. The van der Waals surface area contributed by atoms with Crippen LogP contribution in [0.4, 0.5) is 0 Å². The monoisotopic (exact) mass is 321 g/mol. The predicted octanol–water partition coefficient (Wildman–Crippen LogP) is 0.804. The van der Waals surface area contributed by atoms with Gasteiger partial charge >= 0.3 is 5.97 Å². The van der Waals surface area contributed by atoms with Gasteiger partial charge in [0.05, 0.1) is 5.51 Å². The Kier molecular flexibility index (Phi) is 6.06. The molecule has 0 atom stereocenters. The Morgan fingerprint density at radius 1 is 1.35 bits per heavy atom. The third-order valence-corrected chi connectivity index (χ3v) is 5.83. The lowest BCUT2D eigenvalue weighted by atomic mass is 10.4. The fourth-order valence-corrected chi connectivity index (χ4v) is 4.39. The summed E-state index contributed by atoms with van der Waals surface area (Å²) in [6.07, 6.45) is 0.661. The van der Waals surface area contributed by atoms with E-state index in [4.69, 9.17) is 5.11 Å². The van der Waals surface area contributed by atoms with Crippen LogP contribution in [0.25, 0.3) is 0 Å². The predicted molar refractivity (Wildman–Crippen MR) is 76.7 cm³/mol. The minimum atomic E-state index is -3.81. The molecule has 20 heavy (non-hydrogen) atoms. The number of thiazole rings is 1. The van der Waals surface area contributed by atoms with Crippen LogP contribution in [0.5, 0.6) is 0 Å². The molecule has 1 heterocycles. The molecule has 1 N–H and O–H groups in total. The Bertz CT molecular complexity index is 554. The molecular formula is C11H19N3O4S2. The average Bonchev–Trinajstić information content (AvgIpc) is 2.83. The number of carboxylic acid groups (broad SMARTS) is 1. The van der Waals surface area contributed by atoms with Crippen LogP contribution in [0.3, 0.4) is 0 Å². The molecule has 1 aromatic rings. The van der Waals surface area contributed by atoms with Crippen LogP contribution in [0.1, 0.15) is 23.8 Å². The number of aromatic nitrogens is 1. The van der Waals surface area contributed by atoms with Gasteiger partial charge in [-0.15, -0.1) is 11.3 Å². The van der Waals surface area contributed by atoms with E-state index < -0.39 is 21.7 Å². The number of aromatic carboxylic acids is 1. The summed E-state index contributed by atoms with van der Waals surface area (Å²) in [4.78, 5) is 16.5. The quantitative estimate of drug-likeness (QED) is 0.762. The maximum atomic E-state index is 12.5. The molecule has 9 heteroatoms. The van der Waals surface area contributed by atoms with Crippen molar-refractivity contribution in [3.63, 3.8) is 0 Å². The fourth-order valence-electron chi connectivity index (χ4n) is 1.59. The van der Waals surface area contributed by atoms with E-state index in [0.717, 1.165) is 11.3 Å². The smallest absolute Gasteiger partial charge is 0.356 e. The van der Waals surface area contributed by atoms with Crippen LogP contribution in [-0.2, 0) is 10.0 Å². The van der Waals surface area contributed by atoms with Gasteiger partial charge < -0.3 is 10.0 Å². The number of carbonyl (C=O) groups is 1. The number of hydrogen-bond donors (Lipinski definition) is 1. The SMILES string of the molecule is CCCN(CCN(C)C)S(=O)(=O)c1scnc1C(=O)O. The molecule has 0 radical (unpaired) electrons. The normalized spacial score (nSPS) is 12.2. The van der Waals surface area contributed by atoms with E-state index in [1.165, 1.54) is 9.82 Å². The number of carboxylic acids is 1. The van der Waals surface area contributed by atoms with E-state index in [-0.39, 0.29) is 4.21 Å². The molecule has 1 rings (SSSR count). The van der Waals surface area contributed by atoms with Gasteiger partial charge in [-0.1, -0.05) is 6.92 Å². The third kappa shape index (κ3) is 3.98. The second kappa shape index (κ2) is 7.11. The second-order valence-corrected chi connectivity index (χ2v) is 7.49. The molecule has 1 aromatic heterocycles. The summed E-state index contributed by atoms with van der Waals surface area (Å²) in [5, 5.41) is 9.00. The molecule has 0 saturated heterocycles. The minimum absolute atomic E-state index is 0.197. The molecule has 7 nitrogen and oxygen atoms in total. The van der Waals surface area contributed by atoms with Crippen LogP contribution < -0.4 is 0 Å². The maximum absolute atomic E-state index is 12.5. The zero-order valence-corrected chi connectivity index (χ0v) is 13.4. The molecule has 0 amide bonds. The third-order valence-electron chi connectivity index (χ3n) is 2.58. The lowest BCUT2D eigenvalue weighted by molar-refractivity contribution is 0.0687. The Morgan fingerprint density at radius 2 is 2.00 bits per heavy atom. The first-order valence-electron chi connectivity index (χ1n) is 6.12. The van der Waals surface area contributed by atoms with E-state index in [0.29, 0.717) is 26.1 Å². The van der Waals surface area contributed by atoms with Crippen LogP contribution in [-0.4, -0.2) is 67.4 Å². The second-order valence-electron chi connectivity index (χ2n) is 4.50. The van der Waals surface area contributed by atoms with Crippen LogP contribution in [0.2, 0.25) is 0 Å². The Hall–Kier alpha value is -1.03. The lowest BCUT2D eigenvalue weighted by Gasteiger charge is -2.22. The highest BCUT2D eigenvalue weighted by Crippen LogP contribution is 2.24. The van der Waals surface area contributed by atoms with Gasteiger partial charge in [0.15, 0.2) is 9.90 Å². The van der Waals surface area contributed by atoms with E-state index in [1.54, 1.807) is 0 Å². The summed E-state index contributed by atoms with van der Waals surface area (Å²) in [6, 6.07) is 0. The number of nitrogens with zero attached hydrogens (tertiary/aromatic N) is 3. The molecule has 0 fully saturated rings. The summed E-state index contributed by atoms with van der Waals surface area (Å²) >= 11 is 0.838. The van der Waals surface area contributed by atoms with Gasteiger partial charge in [-0.3, -0.25) is 0 Å². The molecule has 0 bridgehead atoms. The summed E-state index contributed by atoms with van der Waals surface area (Å²) < 4.78 is 26.2. The first-order chi connectivity index (χ1) is 9.30. The Labute approximate surface area is 122 Å². The van der Waals surface area contributed by atoms with Crippen molar-refractivity contribution in [1.29, 1.82) is 0 Å². The van der Waals surface area contributed by atoms with Gasteiger partial charge in [0.2, 0.25) is 0 Å². The largest absolute Gasteiger partial charge is 0.476 e. The molecule has 0 aliphatic carbocycles. The van der Waals surface area contributed by atoms with Gasteiger partial charge in [0.25, 0.3) is 10.0 Å². The van der Waals surface area contributed by atoms with Crippen LogP contribution >= 0.6 is 11.3 Å². The van der Waals surface area contributed by atoms with Crippen molar-refractivity contribution < 1.29 is 18.3 Å². The number of sulfonamides is 1. The van der Waals surface area contributed by atoms with E-state index in [1.807, 2.05) is 25.9 Å². The van der Waals surface area contributed by atoms with Crippen molar-refractivity contribution in [3.8, 4) is 0 Å². The molecule has 0 unspecified atom stereocenters. The summed E-state index contributed by atoms with van der Waals surface area (Å²) in [5.41, 5.74) is 0.841. The number of hydrogen-bond acceptors (Lipinski definition) is 6. The van der Waals surface area contributed by atoms with E-state index in [9.17, 15) is 13.2 Å². The molecule has 0 aliphatic heterocycles. The van der Waals surface area contributed by atoms with Crippen molar-refractivity contribution in [2.45, 2.75) is 17.6 Å². The van der Waals surface area contributed by atoms with Gasteiger partial charge in [0.1, 0.15) is 0 Å². The van der Waals surface area contributed by atoms with Gasteiger partial charge in [0, 0.05) is 19.6 Å². The number of rotatable bonds is 8.